The van der Waals surface area contributed by atoms with E-state index in [1.165, 1.54) is 16.1 Å². The molecule has 0 saturated carbocycles. The zero-order chi connectivity index (χ0) is 19.9. The van der Waals surface area contributed by atoms with Crippen LogP contribution in [0.25, 0.3) is 5.69 Å². The average molecular weight is 392 g/mol. The van der Waals surface area contributed by atoms with Crippen LogP contribution >= 0.6 is 11.8 Å². The molecule has 1 aromatic heterocycles. The summed E-state index contributed by atoms with van der Waals surface area (Å²) in [5, 5.41) is 4.15. The SMILES string of the molecule is Cc1ccccc1-n1c(C)cc(/C=N/NC(=O)CCSc2ccccc2)c1C. The monoisotopic (exact) mass is 391 g/mol. The Kier molecular flexibility index (Phi) is 6.71. The van der Waals surface area contributed by atoms with Crippen LogP contribution in [-0.4, -0.2) is 22.4 Å². The summed E-state index contributed by atoms with van der Waals surface area (Å²) in [5.74, 6) is 0.653. The van der Waals surface area contributed by atoms with Gasteiger partial charge >= 0.3 is 0 Å². The fourth-order valence-corrected chi connectivity index (χ4v) is 3.98. The maximum atomic E-state index is 12.0. The third-order valence-corrected chi connectivity index (χ3v) is 5.57. The quantitative estimate of drug-likeness (QED) is 0.349. The Morgan fingerprint density at radius 1 is 1.07 bits per heavy atom. The van der Waals surface area contributed by atoms with Gasteiger partial charge in [0.05, 0.1) is 6.21 Å². The zero-order valence-corrected chi connectivity index (χ0v) is 17.3. The van der Waals surface area contributed by atoms with Gasteiger partial charge in [-0.3, -0.25) is 4.79 Å². The van der Waals surface area contributed by atoms with Crippen molar-refractivity contribution in [2.24, 2.45) is 5.10 Å². The summed E-state index contributed by atoms with van der Waals surface area (Å²) < 4.78 is 2.22. The Morgan fingerprint density at radius 2 is 1.79 bits per heavy atom. The molecule has 0 bridgehead atoms. The van der Waals surface area contributed by atoms with Gasteiger partial charge < -0.3 is 4.57 Å². The summed E-state index contributed by atoms with van der Waals surface area (Å²) >= 11 is 1.67. The summed E-state index contributed by atoms with van der Waals surface area (Å²) in [4.78, 5) is 13.2. The van der Waals surface area contributed by atoms with Gasteiger partial charge in [-0.15, -0.1) is 11.8 Å². The van der Waals surface area contributed by atoms with E-state index >= 15 is 0 Å². The molecular weight excluding hydrogens is 366 g/mol. The van der Waals surface area contributed by atoms with Crippen molar-refractivity contribution in [3.8, 4) is 5.69 Å². The molecule has 1 N–H and O–H groups in total. The molecule has 2 aromatic carbocycles. The summed E-state index contributed by atoms with van der Waals surface area (Å²) in [5.41, 5.74) is 8.26. The fraction of sp³-hybridized carbons (Fsp3) is 0.217. The number of para-hydroxylation sites is 1. The van der Waals surface area contributed by atoms with Crippen molar-refractivity contribution in [1.82, 2.24) is 9.99 Å². The topological polar surface area (TPSA) is 46.4 Å². The summed E-state index contributed by atoms with van der Waals surface area (Å²) in [7, 11) is 0. The van der Waals surface area contributed by atoms with Gasteiger partial charge in [-0.1, -0.05) is 36.4 Å². The maximum absolute atomic E-state index is 12.0. The molecule has 1 amide bonds. The molecule has 1 heterocycles. The Morgan fingerprint density at radius 3 is 2.54 bits per heavy atom. The van der Waals surface area contributed by atoms with Gasteiger partial charge in [0.2, 0.25) is 5.91 Å². The molecule has 0 fully saturated rings. The first-order valence-corrected chi connectivity index (χ1v) is 10.3. The number of nitrogens with one attached hydrogen (secondary N) is 1. The van der Waals surface area contributed by atoms with E-state index < -0.39 is 0 Å². The molecule has 5 heteroatoms. The van der Waals surface area contributed by atoms with E-state index in [1.54, 1.807) is 18.0 Å². The fourth-order valence-electron chi connectivity index (χ4n) is 3.11. The van der Waals surface area contributed by atoms with E-state index in [2.05, 4.69) is 54.1 Å². The van der Waals surface area contributed by atoms with Gasteiger partial charge in [0.1, 0.15) is 0 Å². The third-order valence-electron chi connectivity index (χ3n) is 4.56. The second kappa shape index (κ2) is 9.42. The summed E-state index contributed by atoms with van der Waals surface area (Å²) in [6.45, 7) is 6.25. The molecular formula is C23H25N3OS. The van der Waals surface area contributed by atoms with Crippen LogP contribution in [0.2, 0.25) is 0 Å². The van der Waals surface area contributed by atoms with Crippen LogP contribution in [0.3, 0.4) is 0 Å². The van der Waals surface area contributed by atoms with Crippen molar-refractivity contribution in [2.45, 2.75) is 32.1 Å². The van der Waals surface area contributed by atoms with Crippen LogP contribution in [0, 0.1) is 20.8 Å². The molecule has 4 nitrogen and oxygen atoms in total. The second-order valence-corrected chi connectivity index (χ2v) is 7.82. The lowest BCUT2D eigenvalue weighted by molar-refractivity contribution is -0.120. The number of thioether (sulfide) groups is 1. The van der Waals surface area contributed by atoms with E-state index in [4.69, 9.17) is 0 Å². The van der Waals surface area contributed by atoms with Crippen molar-refractivity contribution >= 4 is 23.9 Å². The van der Waals surface area contributed by atoms with Crippen molar-refractivity contribution in [1.29, 1.82) is 0 Å². The predicted octanol–water partition coefficient (Wildman–Crippen LogP) is 5.04. The number of carbonyl (C=O) groups excluding carboxylic acids is 1. The highest BCUT2D eigenvalue weighted by Gasteiger charge is 2.11. The first kappa shape index (κ1) is 20.0. The van der Waals surface area contributed by atoms with Crippen LogP contribution < -0.4 is 5.43 Å². The number of hydrazone groups is 1. The average Bonchev–Trinajstić information content (AvgIpc) is 2.97. The number of hydrogen-bond acceptors (Lipinski definition) is 3. The largest absolute Gasteiger partial charge is 0.318 e. The van der Waals surface area contributed by atoms with Crippen LogP contribution in [0.5, 0.6) is 0 Å². The molecule has 3 aromatic rings. The minimum absolute atomic E-state index is 0.0765. The van der Waals surface area contributed by atoms with Gasteiger partial charge in [-0.05, 0) is 50.6 Å². The first-order chi connectivity index (χ1) is 13.6. The Hall–Kier alpha value is -2.79. The van der Waals surface area contributed by atoms with Crippen molar-refractivity contribution in [3.05, 3.63) is 83.2 Å². The van der Waals surface area contributed by atoms with Crippen LogP contribution in [-0.2, 0) is 4.79 Å². The predicted molar refractivity (Wildman–Crippen MR) is 117 cm³/mol. The van der Waals surface area contributed by atoms with E-state index in [9.17, 15) is 4.79 Å². The van der Waals surface area contributed by atoms with Gasteiger partial charge in [0.25, 0.3) is 0 Å². The summed E-state index contributed by atoms with van der Waals surface area (Å²) in [6.07, 6.45) is 2.15. The third kappa shape index (κ3) is 4.93. The van der Waals surface area contributed by atoms with Crippen molar-refractivity contribution in [2.75, 3.05) is 5.75 Å². The number of rotatable bonds is 7. The molecule has 0 radical (unpaired) electrons. The van der Waals surface area contributed by atoms with Gasteiger partial charge in [-0.2, -0.15) is 5.10 Å². The summed E-state index contributed by atoms with van der Waals surface area (Å²) in [6, 6.07) is 20.5. The van der Waals surface area contributed by atoms with Crippen LogP contribution in [0.15, 0.2) is 70.7 Å². The van der Waals surface area contributed by atoms with Gasteiger partial charge in [-0.25, -0.2) is 5.43 Å². The number of nitrogens with zero attached hydrogens (tertiary/aromatic N) is 2. The maximum Gasteiger partial charge on any atom is 0.240 e. The minimum atomic E-state index is -0.0765. The lowest BCUT2D eigenvalue weighted by Gasteiger charge is -2.12. The molecule has 0 saturated heterocycles. The Labute approximate surface area is 170 Å². The lowest BCUT2D eigenvalue weighted by atomic mass is 10.2. The molecule has 144 valence electrons. The minimum Gasteiger partial charge on any atom is -0.318 e. The first-order valence-electron chi connectivity index (χ1n) is 9.31. The highest BCUT2D eigenvalue weighted by molar-refractivity contribution is 7.99. The van der Waals surface area contributed by atoms with Crippen molar-refractivity contribution in [3.63, 3.8) is 0 Å². The molecule has 28 heavy (non-hydrogen) atoms. The van der Waals surface area contributed by atoms with Gasteiger partial charge in [0, 0.05) is 39.7 Å². The lowest BCUT2D eigenvalue weighted by Crippen LogP contribution is -2.17. The number of hydrogen-bond donors (Lipinski definition) is 1. The molecule has 0 aliphatic rings. The highest BCUT2D eigenvalue weighted by atomic mass is 32.2. The van der Waals surface area contributed by atoms with Gasteiger partial charge in [0.15, 0.2) is 0 Å². The van der Waals surface area contributed by atoms with E-state index in [-0.39, 0.29) is 5.91 Å². The number of amides is 1. The molecule has 3 rings (SSSR count). The Balaban J connectivity index is 1.58. The second-order valence-electron chi connectivity index (χ2n) is 6.65. The normalized spacial score (nSPS) is 11.1. The van der Waals surface area contributed by atoms with E-state index in [0.29, 0.717) is 6.42 Å². The number of aryl methyl sites for hydroxylation is 2. The molecule has 0 spiro atoms. The molecule has 0 aliphatic carbocycles. The van der Waals surface area contributed by atoms with E-state index in [1.807, 2.05) is 42.5 Å². The van der Waals surface area contributed by atoms with Crippen LogP contribution in [0.1, 0.15) is 28.9 Å². The molecule has 0 aliphatic heterocycles. The Bertz CT molecular complexity index is 977. The van der Waals surface area contributed by atoms with E-state index in [0.717, 1.165) is 22.7 Å². The number of benzene rings is 2. The highest BCUT2D eigenvalue weighted by Crippen LogP contribution is 2.22. The smallest absolute Gasteiger partial charge is 0.240 e. The van der Waals surface area contributed by atoms with Crippen molar-refractivity contribution < 1.29 is 4.79 Å². The standard InChI is InChI=1S/C23H25N3OS/c1-17-9-7-8-12-22(17)26-18(2)15-20(19(26)3)16-24-25-23(27)13-14-28-21-10-5-4-6-11-21/h4-12,15-16H,13-14H2,1-3H3,(H,25,27)/b24-16+. The number of aromatic nitrogens is 1. The zero-order valence-electron chi connectivity index (χ0n) is 16.5. The molecule has 0 unspecified atom stereocenters. The number of carbonyl (C=O) groups is 1. The van der Waals surface area contributed by atoms with Crippen LogP contribution in [0.4, 0.5) is 0 Å². The molecule has 0 atom stereocenters.